The number of rotatable bonds is 4. The summed E-state index contributed by atoms with van der Waals surface area (Å²) < 4.78 is 5.63. The van der Waals surface area contributed by atoms with Crippen molar-refractivity contribution in [2.75, 3.05) is 0 Å². The minimum Gasteiger partial charge on any atom is -0.476 e. The molecule has 1 amide bonds. The number of thiophene rings is 1. The number of fused-ring (bicyclic) bond motifs is 1. The fourth-order valence-corrected chi connectivity index (χ4v) is 4.64. The molecule has 2 aliphatic rings. The Bertz CT molecular complexity index is 651. The molecule has 3 heterocycles. The molecule has 2 N–H and O–H groups in total. The van der Waals surface area contributed by atoms with Gasteiger partial charge in [-0.25, -0.2) is 4.79 Å². The Morgan fingerprint density at radius 3 is 2.76 bits per heavy atom. The Hall–Kier alpha value is -1.51. The molecule has 6 nitrogen and oxygen atoms in total. The number of hydrogen-bond acceptors (Lipinski definition) is 6. The van der Waals surface area contributed by atoms with E-state index in [2.05, 4.69) is 0 Å². The van der Waals surface area contributed by atoms with Crippen LogP contribution in [0.5, 0.6) is 5.06 Å². The Balaban J connectivity index is 1.89. The summed E-state index contributed by atoms with van der Waals surface area (Å²) in [5, 5.41) is 21.2. The fraction of sp³-hybridized carbons (Fsp3) is 0.385. The van der Waals surface area contributed by atoms with Crippen LogP contribution in [0.2, 0.25) is 0 Å². The summed E-state index contributed by atoms with van der Waals surface area (Å²) in [5.41, 5.74) is 0.884. The van der Waals surface area contributed by atoms with Gasteiger partial charge in [0.1, 0.15) is 5.37 Å². The lowest BCUT2D eigenvalue weighted by Gasteiger charge is -2.43. The zero-order valence-electron chi connectivity index (χ0n) is 11.3. The van der Waals surface area contributed by atoms with Crippen LogP contribution in [-0.2, 0) is 9.59 Å². The maximum atomic E-state index is 12.0. The largest absolute Gasteiger partial charge is 0.476 e. The van der Waals surface area contributed by atoms with Gasteiger partial charge in [0.15, 0.2) is 15.9 Å². The van der Waals surface area contributed by atoms with Gasteiger partial charge in [-0.2, -0.15) is 0 Å². The molecule has 1 saturated heterocycles. The summed E-state index contributed by atoms with van der Waals surface area (Å²) in [6, 6.07) is 1.81. The lowest BCUT2D eigenvalue weighted by atomic mass is 9.92. The number of carboxylic acids is 1. The van der Waals surface area contributed by atoms with Crippen molar-refractivity contribution < 1.29 is 24.5 Å². The van der Waals surface area contributed by atoms with Crippen LogP contribution in [0.3, 0.4) is 0 Å². The molecule has 0 spiro atoms. The number of aliphatic carboxylic acids is 1. The second-order valence-electron chi connectivity index (χ2n) is 4.97. The number of aliphatic hydroxyl groups is 1. The lowest BCUT2D eigenvalue weighted by molar-refractivity contribution is -0.156. The summed E-state index contributed by atoms with van der Waals surface area (Å²) in [6.45, 7) is 3.44. The van der Waals surface area contributed by atoms with Gasteiger partial charge in [-0.15, -0.1) is 11.3 Å². The van der Waals surface area contributed by atoms with Crippen LogP contribution < -0.4 is 4.74 Å². The number of amides is 1. The molecule has 3 atom stereocenters. The normalized spacial score (nSPS) is 25.7. The highest BCUT2D eigenvalue weighted by Crippen LogP contribution is 2.50. The molecule has 0 aliphatic carbocycles. The number of aryl methyl sites for hydroxylation is 1. The third-order valence-corrected chi connectivity index (χ3v) is 5.53. The van der Waals surface area contributed by atoms with E-state index in [4.69, 9.17) is 4.74 Å². The maximum absolute atomic E-state index is 12.0. The molecule has 1 aromatic heterocycles. The topological polar surface area (TPSA) is 87.1 Å². The van der Waals surface area contributed by atoms with Crippen LogP contribution in [0.25, 0.3) is 0 Å². The molecule has 8 heteroatoms. The van der Waals surface area contributed by atoms with Crippen LogP contribution in [0.4, 0.5) is 0 Å². The van der Waals surface area contributed by atoms with Gasteiger partial charge in [-0.1, -0.05) is 11.8 Å². The van der Waals surface area contributed by atoms with Crippen molar-refractivity contribution in [3.05, 3.63) is 27.8 Å². The summed E-state index contributed by atoms with van der Waals surface area (Å²) in [4.78, 5) is 24.6. The van der Waals surface area contributed by atoms with E-state index in [1.807, 2.05) is 12.3 Å². The lowest BCUT2D eigenvalue weighted by Crippen LogP contribution is -2.60. The quantitative estimate of drug-likeness (QED) is 0.817. The van der Waals surface area contributed by atoms with Gasteiger partial charge >= 0.3 is 5.97 Å². The molecular weight excluding hydrogens is 314 g/mol. The van der Waals surface area contributed by atoms with E-state index in [1.54, 1.807) is 6.07 Å². The van der Waals surface area contributed by atoms with Crippen LogP contribution in [0, 0.1) is 12.8 Å². The second-order valence-corrected chi connectivity index (χ2v) is 6.93. The number of carbonyl (C=O) groups excluding carboxylic acids is 1. The number of ether oxygens (including phenoxy) is 1. The van der Waals surface area contributed by atoms with Crippen LogP contribution in [0.1, 0.15) is 12.5 Å². The third kappa shape index (κ3) is 2.23. The number of carbonyl (C=O) groups is 2. The number of carboxylic acid groups (broad SMARTS) is 1. The van der Waals surface area contributed by atoms with E-state index < -0.39 is 23.4 Å². The number of β-lactam (4-membered cyclic amide) rings is 1. The number of hydrogen-bond donors (Lipinski definition) is 2. The Kier molecular flexibility index (Phi) is 3.46. The van der Waals surface area contributed by atoms with Gasteiger partial charge in [0.25, 0.3) is 0 Å². The summed E-state index contributed by atoms with van der Waals surface area (Å²) in [7, 11) is 0. The Morgan fingerprint density at radius 1 is 1.52 bits per heavy atom. The van der Waals surface area contributed by atoms with Gasteiger partial charge in [-0.3, -0.25) is 9.69 Å². The number of nitrogens with zero attached hydrogens (tertiary/aromatic N) is 1. The molecule has 0 radical (unpaired) electrons. The molecule has 0 bridgehead atoms. The van der Waals surface area contributed by atoms with Crippen molar-refractivity contribution in [3.8, 4) is 5.06 Å². The first-order valence-electron chi connectivity index (χ1n) is 6.28. The smallest absolute Gasteiger partial charge is 0.357 e. The molecule has 0 saturated carbocycles. The Labute approximate surface area is 129 Å². The van der Waals surface area contributed by atoms with E-state index >= 15 is 0 Å². The zero-order chi connectivity index (χ0) is 15.3. The molecule has 3 rings (SSSR count). The van der Waals surface area contributed by atoms with Crippen LogP contribution >= 0.6 is 23.1 Å². The van der Waals surface area contributed by atoms with Crippen molar-refractivity contribution in [1.29, 1.82) is 0 Å². The standard InChI is InChI=1S/C13H13NO5S2/c1-5-3-7(20-4-5)19-13-9(12(17)18)14-10(16)8(6(2)15)11(14)21-13/h3-4,6,8,11,15H,1-2H3,(H,17,18)/t6-,8+,11?/m1/s1. The van der Waals surface area contributed by atoms with Crippen molar-refractivity contribution >= 4 is 35.0 Å². The molecule has 1 aromatic rings. The van der Waals surface area contributed by atoms with Crippen LogP contribution in [0.15, 0.2) is 22.2 Å². The predicted molar refractivity (Wildman–Crippen MR) is 77.7 cm³/mol. The molecule has 0 aromatic carbocycles. The van der Waals surface area contributed by atoms with E-state index in [-0.39, 0.29) is 16.7 Å². The minimum atomic E-state index is -1.20. The minimum absolute atomic E-state index is 0.141. The molecule has 112 valence electrons. The molecule has 1 fully saturated rings. The highest BCUT2D eigenvalue weighted by atomic mass is 32.2. The number of aliphatic hydroxyl groups excluding tert-OH is 1. The van der Waals surface area contributed by atoms with Gasteiger partial charge in [0.2, 0.25) is 5.91 Å². The van der Waals surface area contributed by atoms with Crippen molar-refractivity contribution in [2.24, 2.45) is 5.92 Å². The summed E-state index contributed by atoms with van der Waals surface area (Å²) in [5.74, 6) is -2.16. The van der Waals surface area contributed by atoms with Crippen LogP contribution in [-0.4, -0.2) is 38.5 Å². The average molecular weight is 327 g/mol. The van der Waals surface area contributed by atoms with Gasteiger partial charge in [0, 0.05) is 0 Å². The highest BCUT2D eigenvalue weighted by Gasteiger charge is 2.58. The fourth-order valence-electron chi connectivity index (χ4n) is 2.37. The van der Waals surface area contributed by atoms with E-state index in [0.29, 0.717) is 5.06 Å². The zero-order valence-corrected chi connectivity index (χ0v) is 12.9. The summed E-state index contributed by atoms with van der Waals surface area (Å²) >= 11 is 2.53. The first-order chi connectivity index (χ1) is 9.90. The van der Waals surface area contributed by atoms with Gasteiger partial charge in [0.05, 0.1) is 12.0 Å². The monoisotopic (exact) mass is 327 g/mol. The first-order valence-corrected chi connectivity index (χ1v) is 8.04. The highest BCUT2D eigenvalue weighted by molar-refractivity contribution is 8.03. The molecule has 21 heavy (non-hydrogen) atoms. The maximum Gasteiger partial charge on any atom is 0.357 e. The van der Waals surface area contributed by atoms with Crippen molar-refractivity contribution in [1.82, 2.24) is 4.90 Å². The average Bonchev–Trinajstić information content (AvgIpc) is 2.91. The summed E-state index contributed by atoms with van der Waals surface area (Å²) in [6.07, 6.45) is -0.815. The van der Waals surface area contributed by atoms with E-state index in [0.717, 1.165) is 5.56 Å². The number of thioether (sulfide) groups is 1. The molecule has 1 unspecified atom stereocenters. The van der Waals surface area contributed by atoms with Gasteiger partial charge < -0.3 is 14.9 Å². The predicted octanol–water partition coefficient (Wildman–Crippen LogP) is 1.60. The van der Waals surface area contributed by atoms with E-state index in [1.165, 1.54) is 34.9 Å². The first kappa shape index (κ1) is 14.4. The SMILES string of the molecule is Cc1csc(OC2=C(C(=O)O)N3C(=O)[C@H]([C@@H](C)O)C3S2)c1. The van der Waals surface area contributed by atoms with Crippen molar-refractivity contribution in [2.45, 2.75) is 25.3 Å². The molecular formula is C13H13NO5S2. The third-order valence-electron chi connectivity index (χ3n) is 3.37. The van der Waals surface area contributed by atoms with Gasteiger partial charge in [-0.05, 0) is 30.9 Å². The van der Waals surface area contributed by atoms with E-state index in [9.17, 15) is 19.8 Å². The second kappa shape index (κ2) is 5.04. The van der Waals surface area contributed by atoms with Crippen molar-refractivity contribution in [3.63, 3.8) is 0 Å². The molecule has 2 aliphatic heterocycles. The Morgan fingerprint density at radius 2 is 2.24 bits per heavy atom.